The van der Waals surface area contributed by atoms with Gasteiger partial charge >= 0.3 is 0 Å². The highest BCUT2D eigenvalue weighted by Gasteiger charge is 2.50. The lowest BCUT2D eigenvalue weighted by Gasteiger charge is -2.51. The van der Waals surface area contributed by atoms with Gasteiger partial charge < -0.3 is 9.64 Å². The molecular weight excluding hydrogens is 288 g/mol. The molecule has 0 aliphatic carbocycles. The summed E-state index contributed by atoms with van der Waals surface area (Å²) in [5.41, 5.74) is 2.20. The summed E-state index contributed by atoms with van der Waals surface area (Å²) in [6.07, 6.45) is 5.13. The third kappa shape index (κ3) is 2.79. The third-order valence-electron chi connectivity index (χ3n) is 5.85. The van der Waals surface area contributed by atoms with Gasteiger partial charge in [0.1, 0.15) is 0 Å². The van der Waals surface area contributed by atoms with Crippen LogP contribution in [0.5, 0.6) is 0 Å². The number of carbonyl (C=O) groups is 1. The van der Waals surface area contributed by atoms with Crippen LogP contribution in [0.15, 0.2) is 24.3 Å². The number of ether oxygens (including phenoxy) is 1. The molecule has 2 atom stereocenters. The molecule has 3 fully saturated rings. The van der Waals surface area contributed by atoms with Gasteiger partial charge in [-0.1, -0.05) is 17.7 Å². The number of benzene rings is 1. The van der Waals surface area contributed by atoms with Crippen LogP contribution in [0.4, 0.5) is 0 Å². The standard InChI is InChI=1S/C19H26N2O2/c1-15-4-2-5-16(12-15)18(22)20-9-7-19(14-20)8-10-21(19)13-17-6-3-11-23-17/h2,4-5,12,17H,3,6-11,13-14H2,1H3. The Kier molecular flexibility index (Phi) is 3.90. The summed E-state index contributed by atoms with van der Waals surface area (Å²) >= 11 is 0. The van der Waals surface area contributed by atoms with Gasteiger partial charge in [0, 0.05) is 43.9 Å². The van der Waals surface area contributed by atoms with Crippen LogP contribution in [0.1, 0.15) is 41.6 Å². The molecule has 124 valence electrons. The van der Waals surface area contributed by atoms with Crippen molar-refractivity contribution < 1.29 is 9.53 Å². The molecule has 0 aromatic heterocycles. The Morgan fingerprint density at radius 2 is 2.22 bits per heavy atom. The highest BCUT2D eigenvalue weighted by atomic mass is 16.5. The first-order valence-electron chi connectivity index (χ1n) is 8.89. The molecule has 23 heavy (non-hydrogen) atoms. The Hall–Kier alpha value is -1.39. The maximum absolute atomic E-state index is 12.8. The molecule has 0 bridgehead atoms. The smallest absolute Gasteiger partial charge is 0.253 e. The van der Waals surface area contributed by atoms with Gasteiger partial charge in [0.05, 0.1) is 6.10 Å². The van der Waals surface area contributed by atoms with Gasteiger partial charge in [-0.05, 0) is 44.7 Å². The van der Waals surface area contributed by atoms with E-state index in [1.54, 1.807) is 0 Å². The minimum atomic E-state index is 0.189. The van der Waals surface area contributed by atoms with Crippen LogP contribution in [0.2, 0.25) is 0 Å². The summed E-state index contributed by atoms with van der Waals surface area (Å²) in [4.78, 5) is 17.4. The monoisotopic (exact) mass is 314 g/mol. The van der Waals surface area contributed by atoms with Gasteiger partial charge in [0.25, 0.3) is 5.91 Å². The summed E-state index contributed by atoms with van der Waals surface area (Å²) in [6.45, 7) is 6.93. The number of amides is 1. The van der Waals surface area contributed by atoms with Crippen LogP contribution < -0.4 is 0 Å². The summed E-state index contributed by atoms with van der Waals surface area (Å²) in [6, 6.07) is 7.95. The zero-order valence-corrected chi connectivity index (χ0v) is 14.0. The lowest BCUT2D eigenvalue weighted by molar-refractivity contribution is -0.0419. The molecule has 3 aliphatic heterocycles. The van der Waals surface area contributed by atoms with Crippen molar-refractivity contribution in [3.05, 3.63) is 35.4 Å². The van der Waals surface area contributed by atoms with E-state index in [0.717, 1.165) is 50.3 Å². The normalized spacial score (nSPS) is 30.8. The molecule has 1 spiro atoms. The van der Waals surface area contributed by atoms with Gasteiger partial charge in [-0.3, -0.25) is 9.69 Å². The average Bonchev–Trinajstić information content (AvgIpc) is 3.21. The largest absolute Gasteiger partial charge is 0.377 e. The second-order valence-electron chi connectivity index (χ2n) is 7.40. The second kappa shape index (κ2) is 5.91. The van der Waals surface area contributed by atoms with Crippen molar-refractivity contribution in [2.45, 2.75) is 44.2 Å². The molecule has 1 aromatic carbocycles. The molecule has 4 nitrogen and oxygen atoms in total. The molecule has 2 unspecified atom stereocenters. The molecule has 4 rings (SSSR count). The Morgan fingerprint density at radius 1 is 1.35 bits per heavy atom. The Morgan fingerprint density at radius 3 is 2.91 bits per heavy atom. The number of carbonyl (C=O) groups excluding carboxylic acids is 1. The number of aryl methyl sites for hydroxylation is 1. The first kappa shape index (κ1) is 15.2. The van der Waals surface area contributed by atoms with E-state index < -0.39 is 0 Å². The average molecular weight is 314 g/mol. The number of hydrogen-bond donors (Lipinski definition) is 0. The predicted octanol–water partition coefficient (Wildman–Crippen LogP) is 2.46. The van der Waals surface area contributed by atoms with Gasteiger partial charge in [-0.15, -0.1) is 0 Å². The van der Waals surface area contributed by atoms with Crippen molar-refractivity contribution in [3.8, 4) is 0 Å². The van der Waals surface area contributed by atoms with E-state index in [-0.39, 0.29) is 11.4 Å². The lowest BCUT2D eigenvalue weighted by atomic mass is 9.83. The minimum absolute atomic E-state index is 0.189. The Balaban J connectivity index is 1.41. The maximum atomic E-state index is 12.8. The molecule has 3 heterocycles. The van der Waals surface area contributed by atoms with Crippen molar-refractivity contribution in [3.63, 3.8) is 0 Å². The number of likely N-dealkylation sites (tertiary alicyclic amines) is 2. The van der Waals surface area contributed by atoms with Crippen LogP contribution in [0, 0.1) is 6.92 Å². The van der Waals surface area contributed by atoms with E-state index in [1.807, 2.05) is 31.2 Å². The molecule has 3 aliphatic rings. The maximum Gasteiger partial charge on any atom is 0.253 e. The van der Waals surface area contributed by atoms with Crippen molar-refractivity contribution >= 4 is 5.91 Å². The fourth-order valence-corrected chi connectivity index (χ4v) is 4.36. The SMILES string of the molecule is Cc1cccc(C(=O)N2CCC3(CCN3CC3CCCO3)C2)c1. The Bertz CT molecular complexity index is 597. The van der Waals surface area contributed by atoms with Crippen LogP contribution in [-0.4, -0.2) is 60.1 Å². The van der Waals surface area contributed by atoms with Crippen molar-refractivity contribution in [1.29, 1.82) is 0 Å². The quantitative estimate of drug-likeness (QED) is 0.859. The summed E-state index contributed by atoms with van der Waals surface area (Å²) in [5, 5.41) is 0. The highest BCUT2D eigenvalue weighted by molar-refractivity contribution is 5.94. The second-order valence-corrected chi connectivity index (χ2v) is 7.40. The summed E-state index contributed by atoms with van der Waals surface area (Å²) in [5.74, 6) is 0.189. The van der Waals surface area contributed by atoms with Gasteiger partial charge in [0.15, 0.2) is 0 Å². The Labute approximate surface area is 138 Å². The number of nitrogens with zero attached hydrogens (tertiary/aromatic N) is 2. The van der Waals surface area contributed by atoms with Crippen LogP contribution in [-0.2, 0) is 4.74 Å². The third-order valence-corrected chi connectivity index (χ3v) is 5.85. The van der Waals surface area contributed by atoms with E-state index in [0.29, 0.717) is 6.10 Å². The van der Waals surface area contributed by atoms with Crippen LogP contribution in [0.3, 0.4) is 0 Å². The topological polar surface area (TPSA) is 32.8 Å². The first-order chi connectivity index (χ1) is 11.2. The molecule has 0 saturated carbocycles. The van der Waals surface area contributed by atoms with E-state index in [9.17, 15) is 4.79 Å². The van der Waals surface area contributed by atoms with Gasteiger partial charge in [0.2, 0.25) is 0 Å². The van der Waals surface area contributed by atoms with Gasteiger partial charge in [-0.25, -0.2) is 0 Å². The minimum Gasteiger partial charge on any atom is -0.377 e. The van der Waals surface area contributed by atoms with E-state index in [1.165, 1.54) is 19.3 Å². The highest BCUT2D eigenvalue weighted by Crippen LogP contribution is 2.40. The first-order valence-corrected chi connectivity index (χ1v) is 8.89. The predicted molar refractivity (Wildman–Crippen MR) is 89.6 cm³/mol. The molecule has 3 saturated heterocycles. The van der Waals surface area contributed by atoms with E-state index >= 15 is 0 Å². The van der Waals surface area contributed by atoms with Gasteiger partial charge in [-0.2, -0.15) is 0 Å². The molecule has 1 amide bonds. The van der Waals surface area contributed by atoms with Crippen molar-refractivity contribution in [1.82, 2.24) is 9.80 Å². The van der Waals surface area contributed by atoms with Crippen LogP contribution in [0.25, 0.3) is 0 Å². The van der Waals surface area contributed by atoms with Crippen molar-refractivity contribution in [2.24, 2.45) is 0 Å². The molecule has 1 aromatic rings. The number of hydrogen-bond acceptors (Lipinski definition) is 3. The fraction of sp³-hybridized carbons (Fsp3) is 0.632. The summed E-state index contributed by atoms with van der Waals surface area (Å²) in [7, 11) is 0. The van der Waals surface area contributed by atoms with Crippen LogP contribution >= 0.6 is 0 Å². The molecule has 0 N–H and O–H groups in total. The lowest BCUT2D eigenvalue weighted by Crippen LogP contribution is -2.63. The number of rotatable bonds is 3. The fourth-order valence-electron chi connectivity index (χ4n) is 4.36. The zero-order chi connectivity index (χ0) is 15.9. The molecule has 0 radical (unpaired) electrons. The van der Waals surface area contributed by atoms with E-state index in [4.69, 9.17) is 4.74 Å². The van der Waals surface area contributed by atoms with Crippen molar-refractivity contribution in [2.75, 3.05) is 32.8 Å². The summed E-state index contributed by atoms with van der Waals surface area (Å²) < 4.78 is 5.80. The van der Waals surface area contributed by atoms with E-state index in [2.05, 4.69) is 9.80 Å². The molecule has 4 heteroatoms. The zero-order valence-electron chi connectivity index (χ0n) is 14.0. The molecular formula is C19H26N2O2.